The summed E-state index contributed by atoms with van der Waals surface area (Å²) in [4.78, 5) is 13.9. The Labute approximate surface area is 154 Å². The van der Waals surface area contributed by atoms with Crippen LogP contribution in [0.4, 0.5) is 0 Å². The molecule has 0 aliphatic carbocycles. The first kappa shape index (κ1) is 21.5. The van der Waals surface area contributed by atoms with Crippen LogP contribution in [0.5, 0.6) is 0 Å². The zero-order valence-electron chi connectivity index (χ0n) is 13.7. The molecule has 0 N–H and O–H groups in total. The van der Waals surface area contributed by atoms with Gasteiger partial charge in [0.05, 0.1) is 0 Å². The van der Waals surface area contributed by atoms with Crippen LogP contribution < -0.4 is 0 Å². The van der Waals surface area contributed by atoms with Crippen LogP contribution in [0.15, 0.2) is 0 Å². The molecule has 0 aromatic heterocycles. The van der Waals surface area contributed by atoms with E-state index in [2.05, 4.69) is 11.8 Å². The van der Waals surface area contributed by atoms with Crippen LogP contribution in [-0.4, -0.2) is 53.5 Å². The number of hydrogen-bond donors (Lipinski definition) is 0. The molecule has 0 saturated carbocycles. The van der Waals surface area contributed by atoms with Gasteiger partial charge in [0.2, 0.25) is 5.91 Å². The van der Waals surface area contributed by atoms with Gasteiger partial charge in [0.25, 0.3) is 0 Å². The van der Waals surface area contributed by atoms with Gasteiger partial charge in [-0.3, -0.25) is 4.79 Å². The number of carbonyl (C=O) groups is 1. The summed E-state index contributed by atoms with van der Waals surface area (Å²) in [6.07, 6.45) is 18.0. The average Bonchev–Trinajstić information content (AvgIpc) is 2.66. The Morgan fingerprint density at radius 3 is 2.00 bits per heavy atom. The molecule has 2 nitrogen and oxygen atoms in total. The molecule has 0 aromatic rings. The second-order valence-corrected chi connectivity index (χ2v) is 6.37. The van der Waals surface area contributed by atoms with E-state index in [1.807, 2.05) is 0 Å². The number of nitrogens with zero attached hydrogens (tertiary/aromatic N) is 1. The van der Waals surface area contributed by atoms with Gasteiger partial charge in [-0.2, -0.15) is 0 Å². The average molecular weight is 305 g/mol. The SMILES string of the molecule is CCCCCCCCCCCCN1CCCCCC1=O.[NaH]. The normalized spacial score (nSPS) is 15.7. The Morgan fingerprint density at radius 1 is 0.810 bits per heavy atom. The van der Waals surface area contributed by atoms with E-state index in [0.717, 1.165) is 25.9 Å². The fraction of sp³-hybridized carbons (Fsp3) is 0.944. The van der Waals surface area contributed by atoms with Crippen molar-refractivity contribution in [2.45, 2.75) is 96.8 Å². The second-order valence-electron chi connectivity index (χ2n) is 6.37. The van der Waals surface area contributed by atoms with Crippen molar-refractivity contribution >= 4 is 35.5 Å². The number of hydrogen-bond acceptors (Lipinski definition) is 1. The maximum atomic E-state index is 11.8. The molecular weight excluding hydrogens is 269 g/mol. The molecule has 1 aliphatic heterocycles. The molecular formula is C18H36NNaO. The first-order valence-electron chi connectivity index (χ1n) is 9.12. The van der Waals surface area contributed by atoms with E-state index >= 15 is 0 Å². The van der Waals surface area contributed by atoms with Crippen molar-refractivity contribution in [1.82, 2.24) is 4.90 Å². The molecule has 21 heavy (non-hydrogen) atoms. The monoisotopic (exact) mass is 305 g/mol. The predicted molar refractivity (Wildman–Crippen MR) is 94.0 cm³/mol. The standard InChI is InChI=1S/C18H35NO.Na.H/c1-2-3-4-5-6-7-8-9-10-13-16-19-17-14-11-12-15-18(19)20;;/h2-17H2,1H3;;. The summed E-state index contributed by atoms with van der Waals surface area (Å²) >= 11 is 0. The van der Waals surface area contributed by atoms with E-state index < -0.39 is 0 Å². The van der Waals surface area contributed by atoms with Crippen LogP contribution in [0.1, 0.15) is 96.8 Å². The molecule has 0 spiro atoms. The Balaban J connectivity index is 0.00000400. The van der Waals surface area contributed by atoms with Crippen molar-refractivity contribution in [2.75, 3.05) is 13.1 Å². The quantitative estimate of drug-likeness (QED) is 0.401. The van der Waals surface area contributed by atoms with Gasteiger partial charge in [0.15, 0.2) is 0 Å². The molecule has 0 bridgehead atoms. The molecule has 1 saturated heterocycles. The second kappa shape index (κ2) is 15.4. The van der Waals surface area contributed by atoms with Gasteiger partial charge < -0.3 is 4.90 Å². The minimum atomic E-state index is 0. The zero-order valence-corrected chi connectivity index (χ0v) is 13.7. The van der Waals surface area contributed by atoms with E-state index in [0.29, 0.717) is 5.91 Å². The summed E-state index contributed by atoms with van der Waals surface area (Å²) in [6, 6.07) is 0. The number of unbranched alkanes of at least 4 members (excludes halogenated alkanes) is 9. The number of rotatable bonds is 11. The van der Waals surface area contributed by atoms with Gasteiger partial charge in [0.1, 0.15) is 0 Å². The van der Waals surface area contributed by atoms with Gasteiger partial charge in [-0.1, -0.05) is 71.1 Å². The van der Waals surface area contributed by atoms with Crippen molar-refractivity contribution in [3.05, 3.63) is 0 Å². The Bertz CT molecular complexity index is 245. The summed E-state index contributed by atoms with van der Waals surface area (Å²) in [5, 5.41) is 0. The zero-order chi connectivity index (χ0) is 14.5. The fourth-order valence-corrected chi connectivity index (χ4v) is 3.07. The summed E-state index contributed by atoms with van der Waals surface area (Å²) in [5.41, 5.74) is 0. The van der Waals surface area contributed by atoms with Gasteiger partial charge in [0, 0.05) is 19.5 Å². The topological polar surface area (TPSA) is 20.3 Å². The van der Waals surface area contributed by atoms with Crippen LogP contribution in [0.25, 0.3) is 0 Å². The number of likely N-dealkylation sites (tertiary alicyclic amines) is 1. The Morgan fingerprint density at radius 2 is 1.38 bits per heavy atom. The molecule has 1 fully saturated rings. The van der Waals surface area contributed by atoms with Crippen LogP contribution in [-0.2, 0) is 4.79 Å². The van der Waals surface area contributed by atoms with Crippen LogP contribution in [0.3, 0.4) is 0 Å². The van der Waals surface area contributed by atoms with Gasteiger partial charge in [-0.25, -0.2) is 0 Å². The molecule has 1 rings (SSSR count). The first-order valence-corrected chi connectivity index (χ1v) is 9.12. The van der Waals surface area contributed by atoms with E-state index in [1.54, 1.807) is 0 Å². The first-order chi connectivity index (χ1) is 9.84. The van der Waals surface area contributed by atoms with Crippen molar-refractivity contribution in [2.24, 2.45) is 0 Å². The third-order valence-corrected chi connectivity index (χ3v) is 4.45. The van der Waals surface area contributed by atoms with E-state index in [4.69, 9.17) is 0 Å². The van der Waals surface area contributed by atoms with E-state index in [9.17, 15) is 4.79 Å². The van der Waals surface area contributed by atoms with Crippen molar-refractivity contribution in [3.8, 4) is 0 Å². The Hall–Kier alpha value is 0.470. The Kier molecular flexibility index (Phi) is 15.7. The van der Waals surface area contributed by atoms with Crippen molar-refractivity contribution in [1.29, 1.82) is 0 Å². The molecule has 3 heteroatoms. The van der Waals surface area contributed by atoms with E-state index in [-0.39, 0.29) is 29.6 Å². The third kappa shape index (κ3) is 11.7. The molecule has 0 aromatic carbocycles. The fourth-order valence-electron chi connectivity index (χ4n) is 3.07. The van der Waals surface area contributed by atoms with Gasteiger partial charge in [-0.05, 0) is 19.3 Å². The summed E-state index contributed by atoms with van der Waals surface area (Å²) in [6.45, 7) is 4.29. The van der Waals surface area contributed by atoms with Crippen LogP contribution in [0, 0.1) is 0 Å². The van der Waals surface area contributed by atoms with Crippen LogP contribution >= 0.6 is 0 Å². The van der Waals surface area contributed by atoms with Crippen molar-refractivity contribution < 1.29 is 4.79 Å². The van der Waals surface area contributed by atoms with Crippen molar-refractivity contribution in [3.63, 3.8) is 0 Å². The van der Waals surface area contributed by atoms with E-state index in [1.165, 1.54) is 77.0 Å². The third-order valence-electron chi connectivity index (χ3n) is 4.45. The summed E-state index contributed by atoms with van der Waals surface area (Å²) in [7, 11) is 0. The molecule has 0 atom stereocenters. The predicted octanol–water partition coefficient (Wildman–Crippen LogP) is 4.66. The maximum absolute atomic E-state index is 11.8. The number of amides is 1. The minimum absolute atomic E-state index is 0. The van der Waals surface area contributed by atoms with Gasteiger partial charge >= 0.3 is 29.6 Å². The molecule has 1 amide bonds. The summed E-state index contributed by atoms with van der Waals surface area (Å²) in [5.74, 6) is 0.401. The molecule has 1 aliphatic rings. The summed E-state index contributed by atoms with van der Waals surface area (Å²) < 4.78 is 0. The van der Waals surface area contributed by atoms with Crippen LogP contribution in [0.2, 0.25) is 0 Å². The van der Waals surface area contributed by atoms with Gasteiger partial charge in [-0.15, -0.1) is 0 Å². The molecule has 0 unspecified atom stereocenters. The molecule has 1 heterocycles. The molecule has 120 valence electrons. The molecule has 0 radical (unpaired) electrons. The number of carbonyl (C=O) groups excluding carboxylic acids is 1.